The Kier molecular flexibility index (Phi) is 5.20. The van der Waals surface area contributed by atoms with E-state index in [1.165, 1.54) is 28.8 Å². The molecule has 7 heteroatoms. The average molecular weight is 335 g/mol. The van der Waals surface area contributed by atoms with Gasteiger partial charge in [-0.3, -0.25) is 0 Å². The summed E-state index contributed by atoms with van der Waals surface area (Å²) < 4.78 is 25.5. The minimum Gasteiger partial charge on any atom is -0.396 e. The predicted octanol–water partition coefficient (Wildman–Crippen LogP) is 4.45. The van der Waals surface area contributed by atoms with E-state index in [4.69, 9.17) is 11.0 Å². The molecule has 3 aromatic rings. The number of hydrogen-bond donors (Lipinski definition) is 3. The number of nitrogens with zero attached hydrogens (tertiary/aromatic N) is 1. The quantitative estimate of drug-likeness (QED) is 0.454. The molecule has 2 heterocycles. The number of nitriles is 1. The number of halogens is 2. The van der Waals surface area contributed by atoms with Gasteiger partial charge in [0.2, 0.25) is 0 Å². The molecule has 3 N–H and O–H groups in total. The number of thiophene rings is 1. The average Bonchev–Trinajstić information content (AvgIpc) is 3.11. The number of rotatable bonds is 1. The van der Waals surface area contributed by atoms with Crippen LogP contribution in [0, 0.1) is 23.0 Å². The number of anilines is 1. The Balaban J connectivity index is 0.000000164. The predicted molar refractivity (Wildman–Crippen MR) is 86.8 cm³/mol. The molecule has 0 saturated carbocycles. The minimum absolute atomic E-state index is 0.0685. The zero-order chi connectivity index (χ0) is 16.1. The van der Waals surface area contributed by atoms with E-state index in [0.29, 0.717) is 5.56 Å². The molecule has 0 aliphatic carbocycles. The maximum Gasteiger partial charge on any atom is 0.147 e. The van der Waals surface area contributed by atoms with Crippen molar-refractivity contribution in [2.75, 3.05) is 5.73 Å². The van der Waals surface area contributed by atoms with Gasteiger partial charge in [0.05, 0.1) is 23.0 Å². The molecule has 1 aromatic carbocycles. The summed E-state index contributed by atoms with van der Waals surface area (Å²) in [6.45, 7) is 0. The maximum absolute atomic E-state index is 13.0. The van der Waals surface area contributed by atoms with Crippen molar-refractivity contribution in [1.82, 2.24) is 4.98 Å². The van der Waals surface area contributed by atoms with E-state index in [1.807, 2.05) is 0 Å². The molecule has 0 spiro atoms. The second-order valence-electron chi connectivity index (χ2n) is 4.25. The summed E-state index contributed by atoms with van der Waals surface area (Å²) in [5, 5.41) is 11.5. The molecule has 0 saturated heterocycles. The van der Waals surface area contributed by atoms with Crippen LogP contribution in [0.25, 0.3) is 11.3 Å². The summed E-state index contributed by atoms with van der Waals surface area (Å²) >= 11 is 5.47. The summed E-state index contributed by atoms with van der Waals surface area (Å²) in [5.74, 6) is -0.728. The van der Waals surface area contributed by atoms with Gasteiger partial charge in [-0.1, -0.05) is 0 Å². The lowest BCUT2D eigenvalue weighted by atomic mass is 10.2. The van der Waals surface area contributed by atoms with Crippen LogP contribution in [0.3, 0.4) is 0 Å². The van der Waals surface area contributed by atoms with Crippen molar-refractivity contribution in [2.24, 2.45) is 0 Å². The van der Waals surface area contributed by atoms with E-state index in [9.17, 15) is 8.78 Å². The van der Waals surface area contributed by atoms with Gasteiger partial charge in [-0.15, -0.1) is 24.0 Å². The van der Waals surface area contributed by atoms with E-state index in [0.717, 1.165) is 16.7 Å². The van der Waals surface area contributed by atoms with Crippen LogP contribution >= 0.6 is 24.0 Å². The fourth-order valence-electron chi connectivity index (χ4n) is 1.61. The molecule has 0 aliphatic rings. The number of nitrogen functional groups attached to an aromatic ring is 1. The Morgan fingerprint density at radius 2 is 1.95 bits per heavy atom. The van der Waals surface area contributed by atoms with E-state index >= 15 is 0 Å². The minimum atomic E-state index is -0.543. The van der Waals surface area contributed by atoms with Crippen molar-refractivity contribution in [3.63, 3.8) is 0 Å². The maximum atomic E-state index is 13.0. The first-order chi connectivity index (χ1) is 10.5. The molecule has 0 atom stereocenters. The van der Waals surface area contributed by atoms with Gasteiger partial charge in [0, 0.05) is 27.4 Å². The van der Waals surface area contributed by atoms with Crippen LogP contribution in [0.1, 0.15) is 5.56 Å². The van der Waals surface area contributed by atoms with Crippen LogP contribution in [0.4, 0.5) is 14.5 Å². The largest absolute Gasteiger partial charge is 0.396 e. The number of aromatic nitrogens is 1. The lowest BCUT2D eigenvalue weighted by molar-refractivity contribution is 0.632. The van der Waals surface area contributed by atoms with Gasteiger partial charge in [-0.2, -0.15) is 5.26 Å². The zero-order valence-corrected chi connectivity index (χ0v) is 12.9. The fraction of sp³-hybridized carbons (Fsp3) is 0. The Morgan fingerprint density at radius 3 is 2.45 bits per heavy atom. The molecule has 0 aliphatic heterocycles. The van der Waals surface area contributed by atoms with E-state index in [2.05, 4.69) is 17.6 Å². The van der Waals surface area contributed by atoms with Gasteiger partial charge < -0.3 is 10.7 Å². The molecule has 0 radical (unpaired) electrons. The number of benzene rings is 1. The molecular formula is C15H11F2N3S2. The summed E-state index contributed by atoms with van der Waals surface area (Å²) in [6.07, 6.45) is 1.73. The lowest BCUT2D eigenvalue weighted by Gasteiger charge is -1.93. The van der Waals surface area contributed by atoms with Crippen LogP contribution in [-0.2, 0) is 0 Å². The number of nitrogens with one attached hydrogen (secondary N) is 1. The van der Waals surface area contributed by atoms with E-state index in [1.54, 1.807) is 23.7 Å². The molecule has 0 fully saturated rings. The van der Waals surface area contributed by atoms with Gasteiger partial charge in [0.25, 0.3) is 0 Å². The van der Waals surface area contributed by atoms with Gasteiger partial charge in [-0.05, 0) is 24.3 Å². The van der Waals surface area contributed by atoms with Crippen LogP contribution in [-0.4, -0.2) is 4.98 Å². The van der Waals surface area contributed by atoms with Crippen LogP contribution in [0.2, 0.25) is 0 Å². The first kappa shape index (κ1) is 16.1. The van der Waals surface area contributed by atoms with Crippen molar-refractivity contribution >= 4 is 29.7 Å². The standard InChI is InChI=1S/C8H6FNS2.C7H5FN2/c9-7-4-12-3-6(7)8-1-5(11)2-10-8;8-6-3-5(4-9)1-2-7(6)10/h1-4,10-11H;1-3H,10H2. The molecular weight excluding hydrogens is 324 g/mol. The third-order valence-electron chi connectivity index (χ3n) is 2.70. The molecule has 3 nitrogen and oxygen atoms in total. The third kappa shape index (κ3) is 3.87. The number of H-pyrrole nitrogens is 1. The fourth-order valence-corrected chi connectivity index (χ4v) is 2.49. The van der Waals surface area contributed by atoms with Crippen molar-refractivity contribution in [3.8, 4) is 17.3 Å². The normalized spacial score (nSPS) is 9.73. The topological polar surface area (TPSA) is 65.6 Å². The van der Waals surface area contributed by atoms with Crippen LogP contribution in [0.5, 0.6) is 0 Å². The Labute approximate surface area is 135 Å². The monoisotopic (exact) mass is 335 g/mol. The van der Waals surface area contributed by atoms with Crippen LogP contribution < -0.4 is 5.73 Å². The summed E-state index contributed by atoms with van der Waals surface area (Å²) in [7, 11) is 0. The summed E-state index contributed by atoms with van der Waals surface area (Å²) in [4.78, 5) is 3.75. The Hall–Kier alpha value is -2.30. The number of hydrogen-bond acceptors (Lipinski definition) is 4. The molecule has 22 heavy (non-hydrogen) atoms. The van der Waals surface area contributed by atoms with Crippen molar-refractivity contribution in [2.45, 2.75) is 4.90 Å². The molecule has 2 aromatic heterocycles. The third-order valence-corrected chi connectivity index (χ3v) is 3.68. The molecule has 0 amide bonds. The highest BCUT2D eigenvalue weighted by Crippen LogP contribution is 2.26. The number of thiol groups is 1. The van der Waals surface area contributed by atoms with Gasteiger partial charge in [0.1, 0.15) is 11.6 Å². The highest BCUT2D eigenvalue weighted by atomic mass is 32.1. The smallest absolute Gasteiger partial charge is 0.147 e. The first-order valence-corrected chi connectivity index (χ1v) is 7.45. The lowest BCUT2D eigenvalue weighted by Crippen LogP contribution is -1.89. The molecule has 0 bridgehead atoms. The molecule has 112 valence electrons. The zero-order valence-electron chi connectivity index (χ0n) is 11.2. The molecule has 3 rings (SSSR count). The van der Waals surface area contributed by atoms with E-state index in [-0.39, 0.29) is 17.1 Å². The number of nitrogens with two attached hydrogens (primary N) is 1. The SMILES string of the molecule is Fc1cscc1-c1cc(S)c[nH]1.N#Cc1ccc(N)c(F)c1. The Morgan fingerprint density at radius 1 is 1.18 bits per heavy atom. The van der Waals surface area contributed by atoms with Gasteiger partial charge in [0.15, 0.2) is 0 Å². The summed E-state index contributed by atoms with van der Waals surface area (Å²) in [5.41, 5.74) is 6.90. The van der Waals surface area contributed by atoms with Crippen LogP contribution in [0.15, 0.2) is 46.1 Å². The number of aromatic amines is 1. The molecule has 0 unspecified atom stereocenters. The van der Waals surface area contributed by atoms with Crippen molar-refractivity contribution < 1.29 is 8.78 Å². The highest BCUT2D eigenvalue weighted by molar-refractivity contribution is 7.80. The van der Waals surface area contributed by atoms with Crippen molar-refractivity contribution in [3.05, 3.63) is 58.4 Å². The first-order valence-electron chi connectivity index (χ1n) is 6.06. The van der Waals surface area contributed by atoms with Gasteiger partial charge in [-0.25, -0.2) is 8.78 Å². The van der Waals surface area contributed by atoms with Gasteiger partial charge >= 0.3 is 0 Å². The second kappa shape index (κ2) is 7.11. The second-order valence-corrected chi connectivity index (χ2v) is 5.51. The highest BCUT2D eigenvalue weighted by Gasteiger charge is 2.06. The van der Waals surface area contributed by atoms with Crippen molar-refractivity contribution in [1.29, 1.82) is 5.26 Å². The summed E-state index contributed by atoms with van der Waals surface area (Å²) in [6, 6.07) is 7.55. The Bertz CT molecular complexity index is 818. The van der Waals surface area contributed by atoms with E-state index < -0.39 is 5.82 Å².